The fraction of sp³-hybridized carbons (Fsp3) is 0.375. The Balaban J connectivity index is 1.47. The number of aromatic nitrogens is 1. The van der Waals surface area contributed by atoms with Crippen LogP contribution in [-0.2, 0) is 9.84 Å². The van der Waals surface area contributed by atoms with E-state index in [0.29, 0.717) is 37.4 Å². The van der Waals surface area contributed by atoms with Gasteiger partial charge in [-0.2, -0.15) is 0 Å². The largest absolute Gasteiger partial charge is 0.493 e. The monoisotopic (exact) mass is 472 g/mol. The third-order valence-corrected chi connectivity index (χ3v) is 9.01. The van der Waals surface area contributed by atoms with Crippen LogP contribution in [0.1, 0.15) is 24.0 Å². The summed E-state index contributed by atoms with van der Waals surface area (Å²) in [6.07, 6.45) is 1.13. The second kappa shape index (κ2) is 9.11. The Morgan fingerprint density at radius 2 is 1.62 bits per heavy atom. The number of thiazole rings is 1. The lowest BCUT2D eigenvalue weighted by molar-refractivity contribution is 0.354. The molecule has 1 saturated heterocycles. The summed E-state index contributed by atoms with van der Waals surface area (Å²) in [7, 11) is -0.411. The third-order valence-electron chi connectivity index (χ3n) is 5.84. The summed E-state index contributed by atoms with van der Waals surface area (Å²) in [5, 5.41) is 2.60. The van der Waals surface area contributed by atoms with Crippen LogP contribution >= 0.6 is 11.3 Å². The molecule has 0 N–H and O–H groups in total. The number of nitrogens with zero attached hydrogens (tertiary/aromatic N) is 2. The second-order valence-corrected chi connectivity index (χ2v) is 11.2. The number of piperidine rings is 1. The molecule has 0 radical (unpaired) electrons. The van der Waals surface area contributed by atoms with Gasteiger partial charge in [-0.25, -0.2) is 13.4 Å². The Morgan fingerprint density at radius 3 is 2.25 bits per heavy atom. The van der Waals surface area contributed by atoms with Crippen molar-refractivity contribution in [2.24, 2.45) is 0 Å². The number of hydrogen-bond acceptors (Lipinski definition) is 7. The van der Waals surface area contributed by atoms with Crippen molar-refractivity contribution < 1.29 is 17.9 Å². The molecule has 1 aliphatic rings. The predicted molar refractivity (Wildman–Crippen MR) is 129 cm³/mol. The number of benzene rings is 2. The van der Waals surface area contributed by atoms with Crippen molar-refractivity contribution in [1.29, 1.82) is 0 Å². The van der Waals surface area contributed by atoms with Gasteiger partial charge in [0, 0.05) is 30.1 Å². The van der Waals surface area contributed by atoms with Crippen LogP contribution in [0.25, 0.3) is 11.3 Å². The molecule has 32 heavy (non-hydrogen) atoms. The van der Waals surface area contributed by atoms with Crippen molar-refractivity contribution in [2.75, 3.05) is 32.2 Å². The fourth-order valence-corrected chi connectivity index (χ4v) is 6.84. The molecule has 0 bridgehead atoms. The molecule has 170 valence electrons. The zero-order valence-corrected chi connectivity index (χ0v) is 20.4. The maximum atomic E-state index is 13.2. The minimum absolute atomic E-state index is 0.278. The van der Waals surface area contributed by atoms with Gasteiger partial charge in [0.2, 0.25) is 0 Å². The number of anilines is 1. The molecule has 6 nitrogen and oxygen atoms in total. The lowest BCUT2D eigenvalue weighted by Gasteiger charge is -2.31. The second-order valence-electron chi connectivity index (χ2n) is 8.14. The Labute approximate surface area is 193 Å². The quantitative estimate of drug-likeness (QED) is 0.509. The number of methoxy groups -OCH3 is 2. The van der Waals surface area contributed by atoms with Crippen molar-refractivity contribution in [2.45, 2.75) is 36.8 Å². The van der Waals surface area contributed by atoms with Gasteiger partial charge in [0.15, 0.2) is 26.5 Å². The van der Waals surface area contributed by atoms with E-state index in [1.165, 1.54) is 25.3 Å². The molecule has 0 spiro atoms. The number of rotatable bonds is 6. The van der Waals surface area contributed by atoms with E-state index in [0.717, 1.165) is 16.4 Å². The highest BCUT2D eigenvalue weighted by Gasteiger charge is 2.32. The van der Waals surface area contributed by atoms with Gasteiger partial charge in [-0.3, -0.25) is 0 Å². The molecule has 2 aromatic carbocycles. The van der Waals surface area contributed by atoms with E-state index in [-0.39, 0.29) is 4.90 Å². The van der Waals surface area contributed by atoms with Crippen molar-refractivity contribution in [3.8, 4) is 22.8 Å². The number of hydrogen-bond donors (Lipinski definition) is 0. The molecule has 0 saturated carbocycles. The summed E-state index contributed by atoms with van der Waals surface area (Å²) < 4.78 is 37.0. The lowest BCUT2D eigenvalue weighted by Crippen LogP contribution is -2.39. The lowest BCUT2D eigenvalue weighted by atomic mass is 10.1. The molecule has 1 fully saturated rings. The maximum Gasteiger partial charge on any atom is 0.185 e. The van der Waals surface area contributed by atoms with E-state index in [9.17, 15) is 8.42 Å². The summed E-state index contributed by atoms with van der Waals surface area (Å²) >= 11 is 1.61. The Morgan fingerprint density at radius 1 is 0.969 bits per heavy atom. The normalized spacial score (nSPS) is 15.1. The fourth-order valence-electron chi connectivity index (χ4n) is 4.21. The molecule has 2 heterocycles. The summed E-state index contributed by atoms with van der Waals surface area (Å²) in [5.74, 6) is 0.942. The Hall–Kier alpha value is -2.58. The Kier molecular flexibility index (Phi) is 6.44. The Bertz CT molecular complexity index is 1190. The molecule has 1 aliphatic heterocycles. The average Bonchev–Trinajstić information content (AvgIpc) is 3.28. The topological polar surface area (TPSA) is 68.7 Å². The van der Waals surface area contributed by atoms with Gasteiger partial charge >= 0.3 is 0 Å². The minimum atomic E-state index is -3.45. The van der Waals surface area contributed by atoms with Crippen molar-refractivity contribution in [1.82, 2.24) is 4.98 Å². The number of ether oxygens (including phenoxy) is 2. The number of sulfone groups is 1. The highest BCUT2D eigenvalue weighted by atomic mass is 32.2. The van der Waals surface area contributed by atoms with Crippen LogP contribution in [0, 0.1) is 13.8 Å². The van der Waals surface area contributed by atoms with Crippen molar-refractivity contribution in [3.63, 3.8) is 0 Å². The first-order valence-corrected chi connectivity index (χ1v) is 13.0. The van der Waals surface area contributed by atoms with Gasteiger partial charge in [0.05, 0.1) is 30.1 Å². The first kappa shape index (κ1) is 22.6. The van der Waals surface area contributed by atoms with Crippen LogP contribution in [0.4, 0.5) is 5.13 Å². The molecule has 8 heteroatoms. The SMILES string of the molecule is COc1ccc(S(=O)(=O)C2CCN(c3nc(-c4cc(C)cc(C)c4)cs3)CC2)cc1OC. The third kappa shape index (κ3) is 4.47. The first-order valence-electron chi connectivity index (χ1n) is 10.6. The van der Waals surface area contributed by atoms with Gasteiger partial charge in [-0.05, 0) is 51.0 Å². The highest BCUT2D eigenvalue weighted by Crippen LogP contribution is 2.35. The van der Waals surface area contributed by atoms with E-state index in [1.54, 1.807) is 29.5 Å². The molecule has 3 aromatic rings. The zero-order valence-electron chi connectivity index (χ0n) is 18.8. The molecular weight excluding hydrogens is 444 g/mol. The molecule has 1 aromatic heterocycles. The summed E-state index contributed by atoms with van der Waals surface area (Å²) in [4.78, 5) is 7.31. The van der Waals surface area contributed by atoms with Gasteiger partial charge < -0.3 is 14.4 Å². The van der Waals surface area contributed by atoms with Gasteiger partial charge in [-0.1, -0.05) is 17.2 Å². The summed E-state index contributed by atoms with van der Waals surface area (Å²) in [6.45, 7) is 5.51. The molecule has 0 aliphatic carbocycles. The van der Waals surface area contributed by atoms with E-state index in [1.807, 2.05) is 0 Å². The van der Waals surface area contributed by atoms with Gasteiger partial charge in [0.1, 0.15) is 0 Å². The smallest absolute Gasteiger partial charge is 0.185 e. The van der Waals surface area contributed by atoms with Gasteiger partial charge in [-0.15, -0.1) is 11.3 Å². The van der Waals surface area contributed by atoms with Crippen LogP contribution in [0.2, 0.25) is 0 Å². The molecule has 4 rings (SSSR count). The molecule has 0 amide bonds. The summed E-state index contributed by atoms with van der Waals surface area (Å²) in [5.41, 5.74) is 4.53. The molecule has 0 unspecified atom stereocenters. The molecule has 0 atom stereocenters. The van der Waals surface area contributed by atoms with Crippen molar-refractivity contribution in [3.05, 3.63) is 52.9 Å². The predicted octanol–water partition coefficient (Wildman–Crippen LogP) is 4.89. The van der Waals surface area contributed by atoms with Crippen LogP contribution in [0.15, 0.2) is 46.7 Å². The van der Waals surface area contributed by atoms with E-state index in [4.69, 9.17) is 14.5 Å². The average molecular weight is 473 g/mol. The van der Waals surface area contributed by atoms with E-state index in [2.05, 4.69) is 42.3 Å². The maximum absolute atomic E-state index is 13.2. The van der Waals surface area contributed by atoms with Crippen molar-refractivity contribution >= 4 is 26.3 Å². The van der Waals surface area contributed by atoms with Crippen LogP contribution in [-0.4, -0.2) is 46.0 Å². The zero-order chi connectivity index (χ0) is 22.9. The summed E-state index contributed by atoms with van der Waals surface area (Å²) in [6, 6.07) is 11.2. The minimum Gasteiger partial charge on any atom is -0.493 e. The van der Waals surface area contributed by atoms with Crippen LogP contribution < -0.4 is 14.4 Å². The van der Waals surface area contributed by atoms with Crippen LogP contribution in [0.5, 0.6) is 11.5 Å². The van der Waals surface area contributed by atoms with E-state index >= 15 is 0 Å². The standard InChI is InChI=1S/C24H28N2O4S2/c1-16-11-17(2)13-18(12-16)21-15-31-24(25-21)26-9-7-19(8-10-26)32(27,28)20-5-6-22(29-3)23(14-20)30-4/h5-6,11-15,19H,7-10H2,1-4H3. The number of aryl methyl sites for hydroxylation is 2. The highest BCUT2D eigenvalue weighted by molar-refractivity contribution is 7.92. The van der Waals surface area contributed by atoms with E-state index < -0.39 is 15.1 Å². The molecular formula is C24H28N2O4S2. The van der Waals surface area contributed by atoms with Crippen LogP contribution in [0.3, 0.4) is 0 Å². The first-order chi connectivity index (χ1) is 15.3. The van der Waals surface area contributed by atoms with Gasteiger partial charge in [0.25, 0.3) is 0 Å².